The Hall–Kier alpha value is -1.37. The van der Waals surface area contributed by atoms with E-state index in [9.17, 15) is 4.21 Å². The molecule has 4 nitrogen and oxygen atoms in total. The average molecular weight is 312 g/mol. The van der Waals surface area contributed by atoms with Crippen molar-refractivity contribution in [2.45, 2.75) is 10.6 Å². The van der Waals surface area contributed by atoms with Crippen molar-refractivity contribution in [1.82, 2.24) is 9.38 Å². The number of imidazole rings is 1. The Kier molecular flexibility index (Phi) is 3.30. The molecule has 1 unspecified atom stereocenters. The van der Waals surface area contributed by atoms with Crippen LogP contribution in [0.3, 0.4) is 0 Å². The first-order valence-corrected chi connectivity index (χ1v) is 8.05. The lowest BCUT2D eigenvalue weighted by molar-refractivity contribution is 0.682. The molecule has 7 heteroatoms. The molecule has 1 aromatic carbocycles. The van der Waals surface area contributed by atoms with Gasteiger partial charge in [0.25, 0.3) is 0 Å². The zero-order valence-corrected chi connectivity index (χ0v) is 12.1. The Morgan fingerprint density at radius 1 is 1.47 bits per heavy atom. The van der Waals surface area contributed by atoms with E-state index in [1.54, 1.807) is 29.5 Å². The van der Waals surface area contributed by atoms with Gasteiger partial charge in [-0.2, -0.15) is 0 Å². The first-order chi connectivity index (χ1) is 9.13. The fourth-order valence-electron chi connectivity index (χ4n) is 1.75. The molecule has 3 rings (SSSR count). The molecule has 0 saturated heterocycles. The van der Waals surface area contributed by atoms with Crippen molar-refractivity contribution in [3.05, 3.63) is 46.7 Å². The Morgan fingerprint density at radius 2 is 2.32 bits per heavy atom. The molecular weight excluding hydrogens is 302 g/mol. The van der Waals surface area contributed by atoms with Crippen molar-refractivity contribution >= 4 is 44.4 Å². The number of thiazole rings is 1. The molecule has 2 N–H and O–H groups in total. The van der Waals surface area contributed by atoms with Crippen molar-refractivity contribution in [2.24, 2.45) is 0 Å². The van der Waals surface area contributed by atoms with Crippen LogP contribution in [0.5, 0.6) is 0 Å². The largest absolute Gasteiger partial charge is 0.399 e. The summed E-state index contributed by atoms with van der Waals surface area (Å²) in [5.74, 6) is 0.331. The van der Waals surface area contributed by atoms with Gasteiger partial charge in [-0.25, -0.2) is 4.98 Å². The van der Waals surface area contributed by atoms with Crippen molar-refractivity contribution < 1.29 is 4.21 Å². The maximum atomic E-state index is 12.3. The third-order valence-electron chi connectivity index (χ3n) is 2.62. The highest BCUT2D eigenvalue weighted by molar-refractivity contribution is 7.84. The second-order valence-electron chi connectivity index (χ2n) is 4.00. The molecule has 0 saturated carbocycles. The minimum atomic E-state index is -1.25. The van der Waals surface area contributed by atoms with Crippen LogP contribution >= 0.6 is 22.9 Å². The summed E-state index contributed by atoms with van der Waals surface area (Å²) in [6.45, 7) is 0. The molecule has 2 heterocycles. The SMILES string of the molecule is Nc1ccc(Cl)c(S(=O)Cc2cn3ccsc3n2)c1. The number of hydrogen-bond acceptors (Lipinski definition) is 4. The second kappa shape index (κ2) is 4.96. The number of nitrogen functional groups attached to an aromatic ring is 1. The van der Waals surface area contributed by atoms with Crippen LogP contribution in [0, 0.1) is 0 Å². The molecule has 0 fully saturated rings. The molecule has 0 aliphatic rings. The van der Waals surface area contributed by atoms with Crippen LogP contribution in [0.1, 0.15) is 5.69 Å². The average Bonchev–Trinajstić information content (AvgIpc) is 2.92. The third kappa shape index (κ3) is 2.51. The van der Waals surface area contributed by atoms with Gasteiger partial charge in [0.2, 0.25) is 0 Å². The molecule has 0 aliphatic carbocycles. The van der Waals surface area contributed by atoms with Crippen LogP contribution < -0.4 is 5.73 Å². The van der Waals surface area contributed by atoms with E-state index in [0.29, 0.717) is 21.4 Å². The van der Waals surface area contributed by atoms with Gasteiger partial charge in [0.15, 0.2) is 4.96 Å². The Bertz CT molecular complexity index is 737. The molecular formula is C12H10ClN3OS2. The smallest absolute Gasteiger partial charge is 0.193 e. The maximum Gasteiger partial charge on any atom is 0.193 e. The highest BCUT2D eigenvalue weighted by Gasteiger charge is 2.12. The normalized spacial score (nSPS) is 12.9. The zero-order valence-electron chi connectivity index (χ0n) is 9.75. The standard InChI is InChI=1S/C12H10ClN3OS2/c13-10-2-1-8(14)5-11(10)19(17)7-9-6-16-3-4-18-12(16)15-9/h1-6H,7,14H2. The Morgan fingerprint density at radius 3 is 3.11 bits per heavy atom. The lowest BCUT2D eigenvalue weighted by Crippen LogP contribution is -1.99. The number of fused-ring (bicyclic) bond motifs is 1. The second-order valence-corrected chi connectivity index (χ2v) is 6.70. The van der Waals surface area contributed by atoms with Crippen molar-refractivity contribution in [1.29, 1.82) is 0 Å². The summed E-state index contributed by atoms with van der Waals surface area (Å²) < 4.78 is 14.2. The van der Waals surface area contributed by atoms with Crippen molar-refractivity contribution in [2.75, 3.05) is 5.73 Å². The van der Waals surface area contributed by atoms with Crippen molar-refractivity contribution in [3.63, 3.8) is 0 Å². The summed E-state index contributed by atoms with van der Waals surface area (Å²) in [7, 11) is -1.25. The van der Waals surface area contributed by atoms with Gasteiger partial charge in [-0.3, -0.25) is 8.61 Å². The number of nitrogens with zero attached hydrogens (tertiary/aromatic N) is 2. The molecule has 19 heavy (non-hydrogen) atoms. The van der Waals surface area contributed by atoms with Crippen LogP contribution in [0.15, 0.2) is 40.9 Å². The van der Waals surface area contributed by atoms with Gasteiger partial charge >= 0.3 is 0 Å². The number of nitrogens with two attached hydrogens (primary N) is 1. The van der Waals surface area contributed by atoms with Crippen LogP contribution in [0.4, 0.5) is 5.69 Å². The maximum absolute atomic E-state index is 12.3. The number of hydrogen-bond donors (Lipinski definition) is 1. The van der Waals surface area contributed by atoms with Gasteiger partial charge in [-0.05, 0) is 18.2 Å². The lowest BCUT2D eigenvalue weighted by atomic mass is 10.3. The third-order valence-corrected chi connectivity index (χ3v) is 5.22. The molecule has 0 aliphatic heterocycles. The predicted octanol–water partition coefficient (Wildman–Crippen LogP) is 2.94. The zero-order chi connectivity index (χ0) is 13.4. The topological polar surface area (TPSA) is 60.4 Å². The van der Waals surface area contributed by atoms with Gasteiger partial charge in [-0.1, -0.05) is 11.6 Å². The molecule has 2 aromatic heterocycles. The van der Waals surface area contributed by atoms with Crippen LogP contribution in [0.25, 0.3) is 4.96 Å². The number of rotatable bonds is 3. The molecule has 0 bridgehead atoms. The summed E-state index contributed by atoms with van der Waals surface area (Å²) in [6, 6.07) is 5.00. The van der Waals surface area contributed by atoms with Crippen LogP contribution in [0.2, 0.25) is 5.02 Å². The number of anilines is 1. The lowest BCUT2D eigenvalue weighted by Gasteiger charge is -2.04. The van der Waals surface area contributed by atoms with E-state index in [1.807, 2.05) is 22.2 Å². The van der Waals surface area contributed by atoms with E-state index in [1.165, 1.54) is 0 Å². The van der Waals surface area contributed by atoms with Gasteiger partial charge in [0, 0.05) is 23.5 Å². The monoisotopic (exact) mass is 311 g/mol. The van der Waals surface area contributed by atoms with E-state index in [4.69, 9.17) is 17.3 Å². The van der Waals surface area contributed by atoms with Crippen LogP contribution in [-0.2, 0) is 16.6 Å². The molecule has 98 valence electrons. The quantitative estimate of drug-likeness (QED) is 0.757. The summed E-state index contributed by atoms with van der Waals surface area (Å²) >= 11 is 7.59. The van der Waals surface area contributed by atoms with Gasteiger partial charge < -0.3 is 5.73 Å². The highest BCUT2D eigenvalue weighted by atomic mass is 35.5. The fourth-order valence-corrected chi connectivity index (χ4v) is 3.96. The van der Waals surface area contributed by atoms with Crippen molar-refractivity contribution in [3.8, 4) is 0 Å². The molecule has 0 spiro atoms. The van der Waals surface area contributed by atoms with Gasteiger partial charge in [0.1, 0.15) is 0 Å². The van der Waals surface area contributed by atoms with E-state index in [-0.39, 0.29) is 0 Å². The van der Waals surface area contributed by atoms with Gasteiger partial charge in [0.05, 0.1) is 32.2 Å². The van der Waals surface area contributed by atoms with E-state index < -0.39 is 10.8 Å². The molecule has 0 amide bonds. The predicted molar refractivity (Wildman–Crippen MR) is 79.0 cm³/mol. The first-order valence-electron chi connectivity index (χ1n) is 5.48. The minimum Gasteiger partial charge on any atom is -0.399 e. The van der Waals surface area contributed by atoms with E-state index in [0.717, 1.165) is 10.7 Å². The molecule has 3 aromatic rings. The Labute approximate surface area is 121 Å². The molecule has 0 radical (unpaired) electrons. The van der Waals surface area contributed by atoms with Gasteiger partial charge in [-0.15, -0.1) is 11.3 Å². The minimum absolute atomic E-state index is 0.331. The summed E-state index contributed by atoms with van der Waals surface area (Å²) in [6.07, 6.45) is 3.80. The van der Waals surface area contributed by atoms with Crippen LogP contribution in [-0.4, -0.2) is 13.6 Å². The fraction of sp³-hybridized carbons (Fsp3) is 0.0833. The Balaban J connectivity index is 1.88. The highest BCUT2D eigenvalue weighted by Crippen LogP contribution is 2.24. The summed E-state index contributed by atoms with van der Waals surface area (Å²) in [5, 5.41) is 2.42. The van der Waals surface area contributed by atoms with E-state index in [2.05, 4.69) is 4.98 Å². The summed E-state index contributed by atoms with van der Waals surface area (Å²) in [4.78, 5) is 5.85. The number of benzene rings is 1. The molecule has 1 atom stereocenters. The number of halogens is 1. The van der Waals surface area contributed by atoms with E-state index >= 15 is 0 Å². The summed E-state index contributed by atoms with van der Waals surface area (Å²) in [5.41, 5.74) is 7.03. The number of aromatic nitrogens is 2. The first kappa shape index (κ1) is 12.7.